The van der Waals surface area contributed by atoms with Crippen LogP contribution < -0.4 is 24.7 Å². The first kappa shape index (κ1) is 25.3. The Labute approximate surface area is 213 Å². The van der Waals surface area contributed by atoms with Crippen LogP contribution in [0.25, 0.3) is 6.08 Å². The fraction of sp³-hybridized carbons (Fsp3) is 0.120. The summed E-state index contributed by atoms with van der Waals surface area (Å²) in [6.07, 6.45) is 1.73. The molecular formula is C25H23N3O6S2. The van der Waals surface area contributed by atoms with Crippen LogP contribution in [0.3, 0.4) is 0 Å². The van der Waals surface area contributed by atoms with Gasteiger partial charge in [0, 0.05) is 0 Å². The molecule has 0 aliphatic carbocycles. The molecule has 0 saturated carbocycles. The SMILES string of the molecule is COc1cccc(COc2cc(/C=C3\SC(=Nc4ccc(S(N)(=O)=O)cc4)NC3=O)ccc2OC)c1. The third-order valence-corrected chi connectivity index (χ3v) is 6.90. The van der Waals surface area contributed by atoms with Gasteiger partial charge < -0.3 is 19.5 Å². The van der Waals surface area contributed by atoms with Crippen molar-refractivity contribution in [3.05, 3.63) is 82.8 Å². The first-order valence-electron chi connectivity index (χ1n) is 10.6. The zero-order valence-corrected chi connectivity index (χ0v) is 21.1. The Bertz CT molecular complexity index is 1450. The molecule has 0 aromatic heterocycles. The molecule has 3 aromatic rings. The minimum atomic E-state index is -3.79. The second kappa shape index (κ2) is 10.9. The van der Waals surface area contributed by atoms with Crippen LogP contribution in [0.5, 0.6) is 17.2 Å². The second-order valence-electron chi connectivity index (χ2n) is 7.57. The van der Waals surface area contributed by atoms with Gasteiger partial charge in [-0.2, -0.15) is 0 Å². The van der Waals surface area contributed by atoms with E-state index >= 15 is 0 Å². The molecule has 0 atom stereocenters. The minimum absolute atomic E-state index is 0.0147. The third-order valence-electron chi connectivity index (χ3n) is 5.06. The number of methoxy groups -OCH3 is 2. The molecule has 0 unspecified atom stereocenters. The van der Waals surface area contributed by atoms with Crippen LogP contribution >= 0.6 is 11.8 Å². The number of hydrogen-bond donors (Lipinski definition) is 2. The van der Waals surface area contributed by atoms with Gasteiger partial charge in [-0.25, -0.2) is 18.5 Å². The molecule has 1 fully saturated rings. The van der Waals surface area contributed by atoms with E-state index in [4.69, 9.17) is 19.3 Å². The number of amidine groups is 1. The fourth-order valence-corrected chi connectivity index (χ4v) is 4.64. The van der Waals surface area contributed by atoms with Crippen LogP contribution in [0.15, 0.2) is 81.5 Å². The van der Waals surface area contributed by atoms with Gasteiger partial charge in [0.2, 0.25) is 10.0 Å². The zero-order chi connectivity index (χ0) is 25.7. The number of carbonyl (C=O) groups excluding carboxylic acids is 1. The van der Waals surface area contributed by atoms with Crippen LogP contribution in [0.2, 0.25) is 0 Å². The summed E-state index contributed by atoms with van der Waals surface area (Å²) in [5, 5.41) is 8.20. The van der Waals surface area contributed by atoms with Crippen molar-refractivity contribution in [2.45, 2.75) is 11.5 Å². The molecule has 0 spiro atoms. The van der Waals surface area contributed by atoms with Crippen LogP contribution in [-0.2, 0) is 21.4 Å². The number of hydrogen-bond acceptors (Lipinski definition) is 8. The predicted octanol–water partition coefficient (Wildman–Crippen LogP) is 3.82. The number of ether oxygens (including phenoxy) is 3. The van der Waals surface area contributed by atoms with Crippen LogP contribution in [0, 0.1) is 0 Å². The van der Waals surface area contributed by atoms with Crippen molar-refractivity contribution in [1.29, 1.82) is 0 Å². The highest BCUT2D eigenvalue weighted by Gasteiger charge is 2.24. The summed E-state index contributed by atoms with van der Waals surface area (Å²) in [7, 11) is -0.620. The number of aliphatic imine (C=N–C) groups is 1. The zero-order valence-electron chi connectivity index (χ0n) is 19.4. The van der Waals surface area contributed by atoms with Gasteiger partial charge in [0.05, 0.1) is 29.7 Å². The first-order valence-corrected chi connectivity index (χ1v) is 13.0. The first-order chi connectivity index (χ1) is 17.2. The lowest BCUT2D eigenvalue weighted by molar-refractivity contribution is -0.115. The highest BCUT2D eigenvalue weighted by atomic mass is 32.2. The number of sulfonamides is 1. The number of primary sulfonamides is 1. The van der Waals surface area contributed by atoms with Crippen molar-refractivity contribution in [2.75, 3.05) is 14.2 Å². The van der Waals surface area contributed by atoms with E-state index in [-0.39, 0.29) is 10.8 Å². The molecule has 0 radical (unpaired) electrons. The van der Waals surface area contributed by atoms with E-state index in [1.807, 2.05) is 30.3 Å². The lowest BCUT2D eigenvalue weighted by atomic mass is 10.1. The number of nitrogens with two attached hydrogens (primary N) is 1. The Hall–Kier alpha value is -3.80. The van der Waals surface area contributed by atoms with Gasteiger partial charge in [-0.15, -0.1) is 0 Å². The van der Waals surface area contributed by atoms with Gasteiger partial charge in [0.15, 0.2) is 16.7 Å². The number of amides is 1. The van der Waals surface area contributed by atoms with Gasteiger partial charge >= 0.3 is 0 Å². The van der Waals surface area contributed by atoms with E-state index in [9.17, 15) is 13.2 Å². The van der Waals surface area contributed by atoms with Crippen molar-refractivity contribution in [1.82, 2.24) is 5.32 Å². The van der Waals surface area contributed by atoms with Crippen LogP contribution in [0.4, 0.5) is 5.69 Å². The predicted molar refractivity (Wildman–Crippen MR) is 139 cm³/mol. The molecule has 3 N–H and O–H groups in total. The van der Waals surface area contributed by atoms with Crippen molar-refractivity contribution in [3.8, 4) is 17.2 Å². The quantitative estimate of drug-likeness (QED) is 0.428. The molecule has 1 heterocycles. The number of thioether (sulfide) groups is 1. The summed E-state index contributed by atoms with van der Waals surface area (Å²) in [5.41, 5.74) is 2.15. The van der Waals surface area contributed by atoms with E-state index in [1.165, 1.54) is 36.0 Å². The maximum Gasteiger partial charge on any atom is 0.264 e. The minimum Gasteiger partial charge on any atom is -0.497 e. The molecule has 9 nitrogen and oxygen atoms in total. The van der Waals surface area contributed by atoms with Crippen molar-refractivity contribution >= 4 is 44.6 Å². The number of carbonyl (C=O) groups is 1. The molecule has 1 saturated heterocycles. The normalized spacial score (nSPS) is 15.7. The van der Waals surface area contributed by atoms with Gasteiger partial charge in [0.1, 0.15) is 12.4 Å². The lowest BCUT2D eigenvalue weighted by Gasteiger charge is -2.12. The average Bonchev–Trinajstić information content (AvgIpc) is 3.20. The Balaban J connectivity index is 1.50. The number of nitrogens with zero attached hydrogens (tertiary/aromatic N) is 1. The average molecular weight is 526 g/mol. The summed E-state index contributed by atoms with van der Waals surface area (Å²) in [6, 6.07) is 18.7. The highest BCUT2D eigenvalue weighted by Crippen LogP contribution is 2.33. The smallest absolute Gasteiger partial charge is 0.264 e. The molecule has 186 valence electrons. The summed E-state index contributed by atoms with van der Waals surface area (Å²) in [4.78, 5) is 17.3. The van der Waals surface area contributed by atoms with Gasteiger partial charge in [0.25, 0.3) is 5.91 Å². The molecule has 11 heteroatoms. The van der Waals surface area contributed by atoms with E-state index in [2.05, 4.69) is 10.3 Å². The van der Waals surface area contributed by atoms with Crippen LogP contribution in [0.1, 0.15) is 11.1 Å². The van der Waals surface area contributed by atoms with Crippen LogP contribution in [-0.4, -0.2) is 33.7 Å². The molecule has 1 aliphatic rings. The molecular weight excluding hydrogens is 502 g/mol. The Morgan fingerprint density at radius 2 is 1.78 bits per heavy atom. The summed E-state index contributed by atoms with van der Waals surface area (Å²) < 4.78 is 39.5. The standard InChI is InChI=1S/C25H23N3O6S2/c1-32-19-5-3-4-17(12-19)15-34-22-13-16(6-11-21(22)33-2)14-23-24(29)28-25(35-23)27-18-7-9-20(10-8-18)36(26,30)31/h3-14H,15H2,1-2H3,(H2,26,30,31)(H,27,28,29)/b23-14-. The Morgan fingerprint density at radius 1 is 1.00 bits per heavy atom. The maximum atomic E-state index is 12.5. The largest absolute Gasteiger partial charge is 0.497 e. The van der Waals surface area contributed by atoms with Crippen molar-refractivity contribution < 1.29 is 27.4 Å². The lowest BCUT2D eigenvalue weighted by Crippen LogP contribution is -2.19. The highest BCUT2D eigenvalue weighted by molar-refractivity contribution is 8.18. The van der Waals surface area contributed by atoms with E-state index in [1.54, 1.807) is 32.4 Å². The molecule has 1 amide bonds. The third kappa shape index (κ3) is 6.25. The summed E-state index contributed by atoms with van der Waals surface area (Å²) in [5.74, 6) is 1.54. The van der Waals surface area contributed by atoms with E-state index in [0.717, 1.165) is 16.9 Å². The van der Waals surface area contributed by atoms with Crippen molar-refractivity contribution in [2.24, 2.45) is 10.1 Å². The second-order valence-corrected chi connectivity index (χ2v) is 10.2. The summed E-state index contributed by atoms with van der Waals surface area (Å²) in [6.45, 7) is 0.309. The number of rotatable bonds is 8. The Morgan fingerprint density at radius 3 is 2.47 bits per heavy atom. The van der Waals surface area contributed by atoms with Gasteiger partial charge in [-0.1, -0.05) is 18.2 Å². The summed E-state index contributed by atoms with van der Waals surface area (Å²) >= 11 is 1.17. The number of nitrogens with one attached hydrogen (secondary N) is 1. The number of benzene rings is 3. The molecule has 1 aliphatic heterocycles. The van der Waals surface area contributed by atoms with E-state index < -0.39 is 10.0 Å². The molecule has 3 aromatic carbocycles. The fourth-order valence-electron chi connectivity index (χ4n) is 3.28. The maximum absolute atomic E-state index is 12.5. The molecule has 36 heavy (non-hydrogen) atoms. The molecule has 0 bridgehead atoms. The van der Waals surface area contributed by atoms with Crippen molar-refractivity contribution in [3.63, 3.8) is 0 Å². The van der Waals surface area contributed by atoms with Gasteiger partial charge in [-0.3, -0.25) is 4.79 Å². The topological polar surface area (TPSA) is 129 Å². The van der Waals surface area contributed by atoms with E-state index in [0.29, 0.717) is 33.9 Å². The molecule has 4 rings (SSSR count). The monoisotopic (exact) mass is 525 g/mol. The Kier molecular flexibility index (Phi) is 7.63. The van der Waals surface area contributed by atoms with Gasteiger partial charge in [-0.05, 0) is 77.5 Å².